The van der Waals surface area contributed by atoms with Gasteiger partial charge in [0.15, 0.2) is 0 Å². The Balaban J connectivity index is 1.87. The topological polar surface area (TPSA) is 74.6 Å². The van der Waals surface area contributed by atoms with Gasteiger partial charge in [-0.15, -0.1) is 0 Å². The summed E-state index contributed by atoms with van der Waals surface area (Å²) in [6.45, 7) is 13.5. The van der Waals surface area contributed by atoms with Gasteiger partial charge in [0.25, 0.3) is 0 Å². The Kier molecular flexibility index (Phi) is 6.79. The molecule has 3 aliphatic carbocycles. The van der Waals surface area contributed by atoms with E-state index in [1.54, 1.807) is 0 Å². The lowest BCUT2D eigenvalue weighted by molar-refractivity contribution is -0.153. The van der Waals surface area contributed by atoms with Gasteiger partial charge in [0, 0.05) is 0 Å². The van der Waals surface area contributed by atoms with Crippen molar-refractivity contribution < 1.29 is 19.8 Å². The molecule has 0 heterocycles. The van der Waals surface area contributed by atoms with E-state index in [4.69, 9.17) is 0 Å². The molecule has 2 fully saturated rings. The average Bonchev–Trinajstić information content (AvgIpc) is 3.02. The minimum atomic E-state index is -0.884. The summed E-state index contributed by atoms with van der Waals surface area (Å²) in [6, 6.07) is 0. The molecule has 0 amide bonds. The van der Waals surface area contributed by atoms with Gasteiger partial charge in [-0.05, 0) is 78.4 Å². The van der Waals surface area contributed by atoms with E-state index >= 15 is 0 Å². The molecule has 0 aromatic heterocycles. The largest absolute Gasteiger partial charge is 0.481 e. The number of hydrogen-bond donors (Lipinski definition) is 2. The van der Waals surface area contributed by atoms with Crippen LogP contribution in [0.25, 0.3) is 0 Å². The van der Waals surface area contributed by atoms with E-state index in [1.807, 2.05) is 6.92 Å². The lowest BCUT2D eigenvalue weighted by Crippen LogP contribution is -2.50. The van der Waals surface area contributed by atoms with Gasteiger partial charge in [-0.25, -0.2) is 0 Å². The summed E-state index contributed by atoms with van der Waals surface area (Å²) in [5.74, 6) is 0.548. The summed E-state index contributed by atoms with van der Waals surface area (Å²) in [6.07, 6.45) is 11.7. The molecule has 3 aliphatic rings. The average molecular weight is 431 g/mol. The van der Waals surface area contributed by atoms with Gasteiger partial charge in [-0.1, -0.05) is 65.3 Å². The van der Waals surface area contributed by atoms with Crippen molar-refractivity contribution in [2.45, 2.75) is 80.1 Å². The molecule has 3 rings (SSSR count). The third kappa shape index (κ3) is 4.24. The van der Waals surface area contributed by atoms with Gasteiger partial charge < -0.3 is 10.2 Å². The maximum absolute atomic E-state index is 12.0. The van der Waals surface area contributed by atoms with Crippen LogP contribution in [0.4, 0.5) is 0 Å². The van der Waals surface area contributed by atoms with Crippen LogP contribution in [0, 0.1) is 52.3 Å². The molecule has 0 bridgehead atoms. The smallest absolute Gasteiger partial charge is 0.307 e. The maximum Gasteiger partial charge on any atom is 0.307 e. The van der Waals surface area contributed by atoms with Gasteiger partial charge in [0.1, 0.15) is 0 Å². The number of fused-ring (bicyclic) bond motifs is 3. The monoisotopic (exact) mass is 430 g/mol. The van der Waals surface area contributed by atoms with Crippen LogP contribution < -0.4 is 0 Å². The van der Waals surface area contributed by atoms with E-state index in [-0.39, 0.29) is 17.8 Å². The summed E-state index contributed by atoms with van der Waals surface area (Å²) >= 11 is 0. The Morgan fingerprint density at radius 3 is 2.32 bits per heavy atom. The predicted octanol–water partition coefficient (Wildman–Crippen LogP) is 6.43. The van der Waals surface area contributed by atoms with Crippen molar-refractivity contribution in [2.24, 2.45) is 52.3 Å². The molecule has 2 saturated carbocycles. The number of hydrogen-bond acceptors (Lipinski definition) is 2. The van der Waals surface area contributed by atoms with Crippen LogP contribution in [-0.2, 0) is 9.59 Å². The number of aliphatic carboxylic acids is 2. The summed E-state index contributed by atoms with van der Waals surface area (Å²) in [7, 11) is 0. The zero-order chi connectivity index (χ0) is 23.1. The Morgan fingerprint density at radius 1 is 1.06 bits per heavy atom. The van der Waals surface area contributed by atoms with Crippen molar-refractivity contribution in [2.75, 3.05) is 0 Å². The van der Waals surface area contributed by atoms with Crippen LogP contribution in [0.3, 0.4) is 0 Å². The molecule has 0 aromatic rings. The highest BCUT2D eigenvalue weighted by atomic mass is 16.4. The second-order valence-electron chi connectivity index (χ2n) is 11.6. The third-order valence-corrected chi connectivity index (χ3v) is 9.60. The van der Waals surface area contributed by atoms with Crippen LogP contribution in [0.2, 0.25) is 0 Å². The fourth-order valence-corrected chi connectivity index (χ4v) is 7.32. The summed E-state index contributed by atoms with van der Waals surface area (Å²) < 4.78 is 0. The van der Waals surface area contributed by atoms with Gasteiger partial charge in [0.2, 0.25) is 0 Å². The number of carboxylic acid groups (broad SMARTS) is 2. The van der Waals surface area contributed by atoms with Crippen LogP contribution in [0.15, 0.2) is 23.8 Å². The molecule has 8 atom stereocenters. The molecule has 6 unspecified atom stereocenters. The minimum absolute atomic E-state index is 0.0644. The Labute approximate surface area is 188 Å². The molecule has 31 heavy (non-hydrogen) atoms. The van der Waals surface area contributed by atoms with Crippen molar-refractivity contribution >= 4 is 11.9 Å². The normalized spacial score (nSPS) is 39.6. The van der Waals surface area contributed by atoms with E-state index in [1.165, 1.54) is 12.0 Å². The Morgan fingerprint density at radius 2 is 1.74 bits per heavy atom. The van der Waals surface area contributed by atoms with Crippen LogP contribution in [-0.4, -0.2) is 22.2 Å². The molecule has 0 radical (unpaired) electrons. The zero-order valence-corrected chi connectivity index (χ0v) is 20.2. The summed E-state index contributed by atoms with van der Waals surface area (Å²) in [5.41, 5.74) is 0.886. The zero-order valence-electron chi connectivity index (χ0n) is 20.2. The molecule has 4 heteroatoms. The highest BCUT2D eigenvalue weighted by Crippen LogP contribution is 2.65. The molecule has 174 valence electrons. The van der Waals surface area contributed by atoms with Crippen LogP contribution in [0.5, 0.6) is 0 Å². The third-order valence-electron chi connectivity index (χ3n) is 9.60. The predicted molar refractivity (Wildman–Crippen MR) is 124 cm³/mol. The lowest BCUT2D eigenvalue weighted by atomic mass is 9.49. The standard InChI is InChI=1S/C27H42O4/c1-16(2)17(3)7-8-18(4)20-11-12-21-19-9-10-23(25(30)31)27(6,15-24(28)29)22(19)13-14-26(20,21)5/h7-9,16-18,20-23H,10-15H2,1-6H3,(H,28,29)(H,30,31)/b8-7+/t17-,18+,20?,21?,22?,23?,26?,27?/m0/s1. The second-order valence-corrected chi connectivity index (χ2v) is 11.6. The second kappa shape index (κ2) is 8.75. The first-order valence-corrected chi connectivity index (χ1v) is 12.2. The number of rotatable bonds is 7. The molecule has 0 aromatic carbocycles. The van der Waals surface area contributed by atoms with Gasteiger partial charge in [-0.3, -0.25) is 9.59 Å². The fraction of sp³-hybridized carbons (Fsp3) is 0.778. The summed E-state index contributed by atoms with van der Waals surface area (Å²) in [4.78, 5) is 23.7. The van der Waals surface area contributed by atoms with Crippen LogP contribution >= 0.6 is 0 Å². The van der Waals surface area contributed by atoms with Gasteiger partial charge in [0.05, 0.1) is 12.3 Å². The SMILES string of the molecule is CC(C)[C@@H](C)/C=C/[C@@H](C)C1CCC2C3=CCC(C(=O)O)C(C)(CC(=O)O)C3CCC21C. The van der Waals surface area contributed by atoms with E-state index in [0.717, 1.165) is 19.3 Å². The number of carbonyl (C=O) groups is 2. The molecule has 2 N–H and O–H groups in total. The molecule has 0 aliphatic heterocycles. The van der Waals surface area contributed by atoms with E-state index in [2.05, 4.69) is 52.8 Å². The van der Waals surface area contributed by atoms with Crippen molar-refractivity contribution in [1.29, 1.82) is 0 Å². The van der Waals surface area contributed by atoms with Crippen LogP contribution in [0.1, 0.15) is 80.1 Å². The highest BCUT2D eigenvalue weighted by Gasteiger charge is 2.58. The van der Waals surface area contributed by atoms with Gasteiger partial charge in [-0.2, -0.15) is 0 Å². The highest BCUT2D eigenvalue weighted by molar-refractivity contribution is 5.75. The number of allylic oxidation sites excluding steroid dienone is 4. The quantitative estimate of drug-likeness (QED) is 0.457. The molecule has 4 nitrogen and oxygen atoms in total. The van der Waals surface area contributed by atoms with Crippen molar-refractivity contribution in [3.05, 3.63) is 23.8 Å². The van der Waals surface area contributed by atoms with Crippen molar-refractivity contribution in [3.8, 4) is 0 Å². The van der Waals surface area contributed by atoms with E-state index in [0.29, 0.717) is 36.0 Å². The fourth-order valence-electron chi connectivity index (χ4n) is 7.32. The maximum atomic E-state index is 12.0. The van der Waals surface area contributed by atoms with Gasteiger partial charge >= 0.3 is 11.9 Å². The first-order valence-electron chi connectivity index (χ1n) is 12.2. The van der Waals surface area contributed by atoms with Crippen molar-refractivity contribution in [3.63, 3.8) is 0 Å². The molecular formula is C27H42O4. The van der Waals surface area contributed by atoms with E-state index < -0.39 is 23.3 Å². The summed E-state index contributed by atoms with van der Waals surface area (Å²) in [5, 5.41) is 19.4. The molecule has 0 saturated heterocycles. The van der Waals surface area contributed by atoms with E-state index in [9.17, 15) is 19.8 Å². The molecule has 0 spiro atoms. The Hall–Kier alpha value is -1.58. The first kappa shape index (κ1) is 24.1. The minimum Gasteiger partial charge on any atom is -0.481 e. The lowest BCUT2D eigenvalue weighted by Gasteiger charge is -2.54. The first-order chi connectivity index (χ1) is 14.4. The van der Waals surface area contributed by atoms with Crippen molar-refractivity contribution in [1.82, 2.24) is 0 Å². The number of carboxylic acids is 2. The Bertz CT molecular complexity index is 765. The molecular weight excluding hydrogens is 388 g/mol.